The maximum absolute atomic E-state index is 13.2. The summed E-state index contributed by atoms with van der Waals surface area (Å²) >= 11 is 0. The highest BCUT2D eigenvalue weighted by atomic mass is 16.5. The average Bonchev–Trinajstić information content (AvgIpc) is 3.53. The van der Waals surface area contributed by atoms with Crippen LogP contribution < -0.4 is 9.64 Å². The lowest BCUT2D eigenvalue weighted by molar-refractivity contribution is -0.140. The van der Waals surface area contributed by atoms with Crippen LogP contribution in [0.5, 0.6) is 5.75 Å². The van der Waals surface area contributed by atoms with E-state index in [9.17, 15) is 14.7 Å². The van der Waals surface area contributed by atoms with Crippen LogP contribution in [0.4, 0.5) is 5.69 Å². The number of fused-ring (bicyclic) bond motifs is 1. The minimum atomic E-state index is -0.746. The molecular weight excluding hydrogens is 432 g/mol. The maximum atomic E-state index is 13.2. The van der Waals surface area contributed by atoms with Gasteiger partial charge in [0.1, 0.15) is 23.4 Å². The summed E-state index contributed by atoms with van der Waals surface area (Å²) in [4.78, 5) is 29.8. The summed E-state index contributed by atoms with van der Waals surface area (Å²) in [5, 5.41) is 11.3. The van der Waals surface area contributed by atoms with E-state index in [0.29, 0.717) is 11.3 Å². The number of aliphatic hydroxyl groups excluding tert-OH is 1. The van der Waals surface area contributed by atoms with Crippen molar-refractivity contribution in [1.82, 2.24) is 4.90 Å². The van der Waals surface area contributed by atoms with Crippen LogP contribution in [0.1, 0.15) is 35.4 Å². The summed E-state index contributed by atoms with van der Waals surface area (Å²) in [5.41, 5.74) is 3.24. The van der Waals surface area contributed by atoms with Gasteiger partial charge in [0.05, 0.1) is 24.4 Å². The lowest BCUT2D eigenvalue weighted by Crippen LogP contribution is -2.29. The summed E-state index contributed by atoms with van der Waals surface area (Å²) in [7, 11) is 3.88. The number of furan rings is 1. The van der Waals surface area contributed by atoms with Gasteiger partial charge in [0, 0.05) is 31.8 Å². The first kappa shape index (κ1) is 21.8. The summed E-state index contributed by atoms with van der Waals surface area (Å²) in [6.45, 7) is 2.10. The van der Waals surface area contributed by atoms with Crippen LogP contribution in [-0.2, 0) is 22.6 Å². The number of anilines is 1. The summed E-state index contributed by atoms with van der Waals surface area (Å²) in [5.74, 6) is -0.239. The summed E-state index contributed by atoms with van der Waals surface area (Å²) < 4.78 is 11.2. The van der Waals surface area contributed by atoms with E-state index in [1.165, 1.54) is 11.2 Å². The molecule has 0 radical (unpaired) electrons. The number of amides is 1. The first-order valence-electron chi connectivity index (χ1n) is 11.2. The number of ketones is 1. The van der Waals surface area contributed by atoms with Crippen molar-refractivity contribution in [3.8, 4) is 5.75 Å². The number of Topliss-reactive ketones (excluding diaryl/α,β-unsaturated/α-hetero) is 1. The minimum Gasteiger partial charge on any atom is -0.507 e. The van der Waals surface area contributed by atoms with Crippen LogP contribution in [0.25, 0.3) is 5.76 Å². The second kappa shape index (κ2) is 8.41. The molecule has 0 aliphatic carbocycles. The Morgan fingerprint density at radius 3 is 2.56 bits per heavy atom. The molecule has 2 aromatic carbocycles. The topological polar surface area (TPSA) is 83.2 Å². The van der Waals surface area contributed by atoms with Gasteiger partial charge < -0.3 is 24.1 Å². The minimum absolute atomic E-state index is 0.0569. The normalized spacial score (nSPS) is 21.0. The molecule has 2 aliphatic heterocycles. The third-order valence-electron chi connectivity index (χ3n) is 6.34. The first-order valence-corrected chi connectivity index (χ1v) is 11.2. The van der Waals surface area contributed by atoms with Crippen molar-refractivity contribution < 1.29 is 23.8 Å². The third kappa shape index (κ3) is 3.73. The smallest absolute Gasteiger partial charge is 0.296 e. The van der Waals surface area contributed by atoms with Gasteiger partial charge in [0.15, 0.2) is 0 Å². The predicted molar refractivity (Wildman–Crippen MR) is 128 cm³/mol. The molecule has 0 bridgehead atoms. The van der Waals surface area contributed by atoms with Gasteiger partial charge in [-0.1, -0.05) is 12.1 Å². The molecule has 0 spiro atoms. The van der Waals surface area contributed by atoms with Gasteiger partial charge in [-0.15, -0.1) is 0 Å². The Kier molecular flexibility index (Phi) is 5.40. The van der Waals surface area contributed by atoms with Gasteiger partial charge in [0.2, 0.25) is 0 Å². The molecule has 1 fully saturated rings. The molecule has 0 unspecified atom stereocenters. The third-order valence-corrected chi connectivity index (χ3v) is 6.34. The second-order valence-electron chi connectivity index (χ2n) is 8.95. The van der Waals surface area contributed by atoms with Gasteiger partial charge >= 0.3 is 0 Å². The first-order chi connectivity index (χ1) is 16.3. The van der Waals surface area contributed by atoms with E-state index in [1.54, 1.807) is 24.3 Å². The van der Waals surface area contributed by atoms with Crippen LogP contribution in [0.3, 0.4) is 0 Å². The number of carbonyl (C=O) groups excluding carboxylic acids is 2. The monoisotopic (exact) mass is 458 g/mol. The van der Waals surface area contributed by atoms with Crippen molar-refractivity contribution >= 4 is 23.1 Å². The fraction of sp³-hybridized carbons (Fsp3) is 0.259. The molecule has 7 nitrogen and oxygen atoms in total. The summed E-state index contributed by atoms with van der Waals surface area (Å²) in [6.07, 6.45) is 2.31. The maximum Gasteiger partial charge on any atom is 0.296 e. The molecule has 34 heavy (non-hydrogen) atoms. The zero-order valence-electron chi connectivity index (χ0n) is 19.3. The van der Waals surface area contributed by atoms with E-state index in [1.807, 2.05) is 56.3 Å². The molecule has 3 heterocycles. The fourth-order valence-corrected chi connectivity index (χ4v) is 4.64. The Balaban J connectivity index is 1.62. The molecule has 1 N–H and O–H groups in total. The highest BCUT2D eigenvalue weighted by Gasteiger charge is 2.46. The van der Waals surface area contributed by atoms with Gasteiger partial charge in [-0.25, -0.2) is 0 Å². The van der Waals surface area contributed by atoms with Gasteiger partial charge in [0.25, 0.3) is 11.7 Å². The van der Waals surface area contributed by atoms with Crippen LogP contribution in [0.2, 0.25) is 0 Å². The number of ether oxygens (including phenoxy) is 1. The van der Waals surface area contributed by atoms with Crippen molar-refractivity contribution in [1.29, 1.82) is 0 Å². The fourth-order valence-electron chi connectivity index (χ4n) is 4.64. The Morgan fingerprint density at radius 1 is 1.12 bits per heavy atom. The van der Waals surface area contributed by atoms with E-state index in [0.717, 1.165) is 29.0 Å². The highest BCUT2D eigenvalue weighted by molar-refractivity contribution is 6.46. The zero-order chi connectivity index (χ0) is 24.0. The average molecular weight is 459 g/mol. The van der Waals surface area contributed by atoms with Crippen LogP contribution in [0.15, 0.2) is 70.9 Å². The number of carbonyl (C=O) groups is 2. The molecule has 5 rings (SSSR count). The van der Waals surface area contributed by atoms with Crippen molar-refractivity contribution in [2.45, 2.75) is 32.0 Å². The number of hydrogen-bond acceptors (Lipinski definition) is 6. The molecule has 1 aromatic heterocycles. The van der Waals surface area contributed by atoms with E-state index in [2.05, 4.69) is 0 Å². The Labute approximate surface area is 197 Å². The van der Waals surface area contributed by atoms with Crippen LogP contribution in [0, 0.1) is 0 Å². The number of aliphatic hydroxyl groups is 1. The quantitative estimate of drug-likeness (QED) is 0.349. The van der Waals surface area contributed by atoms with Crippen LogP contribution in [-0.4, -0.2) is 41.9 Å². The van der Waals surface area contributed by atoms with Crippen molar-refractivity contribution in [2.75, 3.05) is 19.0 Å². The Hall–Kier alpha value is -4.00. The standard InChI is InChI=1S/C27H26N2O5/c1-16-13-19-14-18(8-11-22(19)34-16)25(30)23-24(17-6-9-20(10-7-17)28(2)3)29(27(32)26(23)31)15-21-5-4-12-33-21/h4-12,14,16,24,30H,13,15H2,1-3H3/t16-,24+/m0/s1. The molecule has 2 atom stereocenters. The molecular formula is C27H26N2O5. The lowest BCUT2D eigenvalue weighted by atomic mass is 9.94. The highest BCUT2D eigenvalue weighted by Crippen LogP contribution is 2.41. The van der Waals surface area contributed by atoms with E-state index < -0.39 is 17.7 Å². The van der Waals surface area contributed by atoms with Gasteiger partial charge in [-0.05, 0) is 60.5 Å². The zero-order valence-corrected chi connectivity index (χ0v) is 19.3. The van der Waals surface area contributed by atoms with E-state index in [4.69, 9.17) is 9.15 Å². The number of hydrogen-bond donors (Lipinski definition) is 1. The Morgan fingerprint density at radius 2 is 1.88 bits per heavy atom. The number of likely N-dealkylation sites (tertiary alicyclic amines) is 1. The van der Waals surface area contributed by atoms with Crippen molar-refractivity contribution in [3.05, 3.63) is 88.9 Å². The molecule has 2 aliphatic rings. The second-order valence-corrected chi connectivity index (χ2v) is 8.95. The molecule has 1 amide bonds. The SMILES string of the molecule is C[C@H]1Cc2cc(C(O)=C3C(=O)C(=O)N(Cc4ccco4)[C@@H]3c3ccc(N(C)C)cc3)ccc2O1. The van der Waals surface area contributed by atoms with E-state index >= 15 is 0 Å². The number of nitrogens with zero attached hydrogens (tertiary/aromatic N) is 2. The number of rotatable bonds is 5. The molecule has 174 valence electrons. The Bertz CT molecular complexity index is 1270. The molecule has 1 saturated heterocycles. The lowest BCUT2D eigenvalue weighted by Gasteiger charge is -2.25. The molecule has 7 heteroatoms. The molecule has 3 aromatic rings. The largest absolute Gasteiger partial charge is 0.507 e. The van der Waals surface area contributed by atoms with Gasteiger partial charge in [-0.3, -0.25) is 9.59 Å². The summed E-state index contributed by atoms with van der Waals surface area (Å²) in [6, 6.07) is 15.7. The van der Waals surface area contributed by atoms with E-state index in [-0.39, 0.29) is 24.0 Å². The predicted octanol–water partition coefficient (Wildman–Crippen LogP) is 4.29. The van der Waals surface area contributed by atoms with Crippen molar-refractivity contribution in [2.24, 2.45) is 0 Å². The van der Waals surface area contributed by atoms with Crippen molar-refractivity contribution in [3.63, 3.8) is 0 Å². The molecule has 0 saturated carbocycles. The van der Waals surface area contributed by atoms with Crippen LogP contribution >= 0.6 is 0 Å². The van der Waals surface area contributed by atoms with Gasteiger partial charge in [-0.2, -0.15) is 0 Å². The number of benzene rings is 2.